The predicted octanol–water partition coefficient (Wildman–Crippen LogP) is 8.23. The highest BCUT2D eigenvalue weighted by Crippen LogP contribution is 2.24. The van der Waals surface area contributed by atoms with Crippen LogP contribution in [0.3, 0.4) is 0 Å². The van der Waals surface area contributed by atoms with Crippen LogP contribution in [-0.4, -0.2) is 61.9 Å². The summed E-state index contributed by atoms with van der Waals surface area (Å²) in [5, 5.41) is 20.6. The molecule has 0 spiro atoms. The average molecular weight is 551 g/mol. The maximum Gasteiger partial charge on any atom is 0.126 e. The van der Waals surface area contributed by atoms with Gasteiger partial charge in [0.25, 0.3) is 0 Å². The lowest BCUT2D eigenvalue weighted by molar-refractivity contribution is 0.474. The van der Waals surface area contributed by atoms with Gasteiger partial charge in [-0.05, 0) is 64.8 Å². The Bertz CT molecular complexity index is 931. The number of hydrogen-bond donors (Lipinski definition) is 2. The van der Waals surface area contributed by atoms with E-state index in [0.717, 1.165) is 74.6 Å². The zero-order chi connectivity index (χ0) is 29.0. The zero-order valence-corrected chi connectivity index (χ0v) is 25.6. The molecular formula is C34H54N4O2. The van der Waals surface area contributed by atoms with E-state index in [2.05, 4.69) is 59.6 Å². The highest BCUT2D eigenvalue weighted by Gasteiger charge is 2.06. The molecule has 0 aromatic heterocycles. The number of aliphatic imine (C=N–C) groups is 2. The fraction of sp³-hybridized carbons (Fsp3) is 0.588. The molecule has 0 saturated carbocycles. The Hall–Kier alpha value is -3.02. The van der Waals surface area contributed by atoms with Gasteiger partial charge < -0.3 is 20.0 Å². The topological polar surface area (TPSA) is 71.7 Å². The van der Waals surface area contributed by atoms with Crippen molar-refractivity contribution < 1.29 is 10.2 Å². The van der Waals surface area contributed by atoms with E-state index in [1.54, 1.807) is 12.4 Å². The van der Waals surface area contributed by atoms with Gasteiger partial charge in [-0.15, -0.1) is 0 Å². The Morgan fingerprint density at radius 2 is 0.850 bits per heavy atom. The van der Waals surface area contributed by atoms with Crippen molar-refractivity contribution in [2.24, 2.45) is 9.98 Å². The van der Waals surface area contributed by atoms with E-state index in [1.165, 1.54) is 51.4 Å². The van der Waals surface area contributed by atoms with Crippen LogP contribution in [0.2, 0.25) is 0 Å². The van der Waals surface area contributed by atoms with E-state index in [9.17, 15) is 10.2 Å². The minimum absolute atomic E-state index is 0.304. The van der Waals surface area contributed by atoms with Gasteiger partial charge >= 0.3 is 0 Å². The third kappa shape index (κ3) is 12.0. The first-order valence-corrected chi connectivity index (χ1v) is 15.7. The number of aromatic hydroxyl groups is 2. The van der Waals surface area contributed by atoms with Gasteiger partial charge in [-0.3, -0.25) is 9.98 Å². The number of benzene rings is 2. The number of unbranched alkanes of at least 4 members (excludes halogenated alkanes) is 9. The second-order valence-corrected chi connectivity index (χ2v) is 10.4. The zero-order valence-electron chi connectivity index (χ0n) is 25.6. The van der Waals surface area contributed by atoms with Crippen LogP contribution in [0.4, 0.5) is 11.4 Å². The summed E-state index contributed by atoms with van der Waals surface area (Å²) in [5.74, 6) is 0.607. The van der Waals surface area contributed by atoms with Crippen molar-refractivity contribution in [1.82, 2.24) is 0 Å². The van der Waals surface area contributed by atoms with E-state index in [1.807, 2.05) is 24.3 Å². The Morgan fingerprint density at radius 3 is 1.15 bits per heavy atom. The first-order chi connectivity index (χ1) is 19.5. The van der Waals surface area contributed by atoms with E-state index in [4.69, 9.17) is 0 Å². The molecule has 0 bridgehead atoms. The SMILES string of the molecule is CCN(CC)c1ccc(C=NCCCCCCCCCCCCN=Cc2ccc(N(CC)CC)cc2O)c(O)c1. The number of phenols is 2. The fourth-order valence-electron chi connectivity index (χ4n) is 5.00. The lowest BCUT2D eigenvalue weighted by Gasteiger charge is -2.21. The summed E-state index contributed by atoms with van der Waals surface area (Å²) in [6.07, 6.45) is 16.0. The van der Waals surface area contributed by atoms with Crippen LogP contribution >= 0.6 is 0 Å². The molecule has 2 aromatic rings. The fourth-order valence-corrected chi connectivity index (χ4v) is 5.00. The molecule has 6 heteroatoms. The van der Waals surface area contributed by atoms with Crippen LogP contribution in [0.1, 0.15) is 103 Å². The summed E-state index contributed by atoms with van der Waals surface area (Å²) in [7, 11) is 0. The lowest BCUT2D eigenvalue weighted by atomic mass is 10.1. The Morgan fingerprint density at radius 1 is 0.525 bits per heavy atom. The summed E-state index contributed by atoms with van der Waals surface area (Å²) in [5.41, 5.74) is 3.70. The standard InChI is InChI=1S/C34H54N4O2/c1-5-37(6-2)31-21-19-29(33(39)25-31)27-35-23-17-15-13-11-9-10-12-14-16-18-24-36-28-30-20-22-32(26-34(30)40)38(7-3)8-4/h19-22,25-28,39-40H,5-18,23-24H2,1-4H3. The summed E-state index contributed by atoms with van der Waals surface area (Å²) in [4.78, 5) is 13.5. The van der Waals surface area contributed by atoms with Crippen LogP contribution in [0.15, 0.2) is 46.4 Å². The van der Waals surface area contributed by atoms with E-state index < -0.39 is 0 Å². The van der Waals surface area contributed by atoms with Crippen molar-refractivity contribution in [2.75, 3.05) is 49.1 Å². The molecule has 40 heavy (non-hydrogen) atoms. The van der Waals surface area contributed by atoms with Gasteiger partial charge in [-0.2, -0.15) is 0 Å². The molecule has 2 rings (SSSR count). The maximum absolute atomic E-state index is 10.3. The smallest absolute Gasteiger partial charge is 0.126 e. The van der Waals surface area contributed by atoms with Crippen LogP contribution in [0.25, 0.3) is 0 Å². The molecule has 0 aliphatic heterocycles. The molecule has 0 aliphatic carbocycles. The second-order valence-electron chi connectivity index (χ2n) is 10.4. The molecule has 222 valence electrons. The molecule has 0 fully saturated rings. The third-order valence-electron chi connectivity index (χ3n) is 7.57. The van der Waals surface area contributed by atoms with Crippen LogP contribution in [-0.2, 0) is 0 Å². The monoisotopic (exact) mass is 550 g/mol. The Kier molecular flexibility index (Phi) is 16.5. The number of anilines is 2. The summed E-state index contributed by atoms with van der Waals surface area (Å²) in [6.45, 7) is 13.9. The molecule has 0 unspecified atom stereocenters. The molecule has 0 heterocycles. The van der Waals surface area contributed by atoms with Gasteiger partial charge in [0.05, 0.1) is 0 Å². The predicted molar refractivity (Wildman–Crippen MR) is 174 cm³/mol. The van der Waals surface area contributed by atoms with Crippen molar-refractivity contribution in [3.8, 4) is 11.5 Å². The number of rotatable bonds is 21. The normalized spacial score (nSPS) is 11.6. The summed E-state index contributed by atoms with van der Waals surface area (Å²) in [6, 6.07) is 11.7. The van der Waals surface area contributed by atoms with Gasteiger partial charge in [-0.25, -0.2) is 0 Å². The van der Waals surface area contributed by atoms with Crippen molar-refractivity contribution in [3.05, 3.63) is 47.5 Å². The van der Waals surface area contributed by atoms with Gasteiger partial charge in [-0.1, -0.05) is 51.4 Å². The van der Waals surface area contributed by atoms with Gasteiger partial charge in [0, 0.05) is 86.3 Å². The minimum Gasteiger partial charge on any atom is -0.507 e. The Balaban J connectivity index is 1.46. The van der Waals surface area contributed by atoms with E-state index in [0.29, 0.717) is 11.5 Å². The first-order valence-electron chi connectivity index (χ1n) is 15.7. The lowest BCUT2D eigenvalue weighted by Crippen LogP contribution is -2.21. The summed E-state index contributed by atoms with van der Waals surface area (Å²) < 4.78 is 0. The van der Waals surface area contributed by atoms with Crippen molar-refractivity contribution in [2.45, 2.75) is 91.9 Å². The highest BCUT2D eigenvalue weighted by molar-refractivity contribution is 5.85. The molecule has 0 radical (unpaired) electrons. The maximum atomic E-state index is 10.3. The average Bonchev–Trinajstić information content (AvgIpc) is 2.96. The second kappa shape index (κ2) is 19.9. The largest absolute Gasteiger partial charge is 0.507 e. The quantitative estimate of drug-likeness (QED) is 0.121. The van der Waals surface area contributed by atoms with Crippen LogP contribution in [0.5, 0.6) is 11.5 Å². The molecular weight excluding hydrogens is 496 g/mol. The number of phenolic OH excluding ortho intramolecular Hbond substituents is 2. The molecule has 0 saturated heterocycles. The van der Waals surface area contributed by atoms with Gasteiger partial charge in [0.2, 0.25) is 0 Å². The number of nitrogens with zero attached hydrogens (tertiary/aromatic N) is 4. The van der Waals surface area contributed by atoms with Gasteiger partial charge in [0.15, 0.2) is 0 Å². The molecule has 0 atom stereocenters. The molecule has 6 nitrogen and oxygen atoms in total. The number of hydrogen-bond acceptors (Lipinski definition) is 6. The molecule has 0 aliphatic rings. The minimum atomic E-state index is 0.304. The van der Waals surface area contributed by atoms with Crippen LogP contribution in [0, 0.1) is 0 Å². The third-order valence-corrected chi connectivity index (χ3v) is 7.57. The van der Waals surface area contributed by atoms with Crippen molar-refractivity contribution in [3.63, 3.8) is 0 Å². The van der Waals surface area contributed by atoms with Crippen molar-refractivity contribution >= 4 is 23.8 Å². The van der Waals surface area contributed by atoms with E-state index >= 15 is 0 Å². The van der Waals surface area contributed by atoms with Crippen LogP contribution < -0.4 is 9.80 Å². The van der Waals surface area contributed by atoms with E-state index in [-0.39, 0.29) is 0 Å². The van der Waals surface area contributed by atoms with Gasteiger partial charge in [0.1, 0.15) is 11.5 Å². The first kappa shape index (κ1) is 33.2. The summed E-state index contributed by atoms with van der Waals surface area (Å²) >= 11 is 0. The molecule has 2 aromatic carbocycles. The molecule has 2 N–H and O–H groups in total. The highest BCUT2D eigenvalue weighted by atomic mass is 16.3. The Labute approximate surface area is 243 Å². The molecule has 0 amide bonds. The van der Waals surface area contributed by atoms with Crippen molar-refractivity contribution in [1.29, 1.82) is 0 Å².